The van der Waals surface area contributed by atoms with Crippen molar-refractivity contribution in [2.75, 3.05) is 19.8 Å². The lowest BCUT2D eigenvalue weighted by atomic mass is 9.74. The second-order valence-electron chi connectivity index (χ2n) is 8.85. The summed E-state index contributed by atoms with van der Waals surface area (Å²) >= 11 is 0. The molecule has 0 radical (unpaired) electrons. The van der Waals surface area contributed by atoms with Crippen molar-refractivity contribution in [2.24, 2.45) is 11.8 Å². The molecule has 2 aliphatic rings. The van der Waals surface area contributed by atoms with Crippen LogP contribution in [0.4, 0.5) is 4.39 Å². The van der Waals surface area contributed by atoms with Crippen molar-refractivity contribution in [3.8, 4) is 0 Å². The Morgan fingerprint density at radius 3 is 2.58 bits per heavy atom. The molecule has 0 bridgehead atoms. The zero-order chi connectivity index (χ0) is 21.7. The molecule has 5 heteroatoms. The number of halogens is 1. The first-order valence-electron chi connectivity index (χ1n) is 11.4. The molecule has 0 unspecified atom stereocenters. The van der Waals surface area contributed by atoms with Gasteiger partial charge in [0.1, 0.15) is 5.82 Å². The van der Waals surface area contributed by atoms with Gasteiger partial charge in [0.2, 0.25) is 5.91 Å². The van der Waals surface area contributed by atoms with Crippen molar-refractivity contribution in [3.63, 3.8) is 0 Å². The Morgan fingerprint density at radius 1 is 1.10 bits per heavy atom. The average Bonchev–Trinajstić information content (AvgIpc) is 3.24. The Balaban J connectivity index is 1.45. The number of carbonyl (C=O) groups is 1. The van der Waals surface area contributed by atoms with E-state index in [2.05, 4.69) is 6.92 Å². The van der Waals surface area contributed by atoms with Crippen molar-refractivity contribution >= 4 is 5.91 Å². The number of ether oxygens (including phenoxy) is 2. The third-order valence-corrected chi connectivity index (χ3v) is 6.86. The van der Waals surface area contributed by atoms with Gasteiger partial charge >= 0.3 is 0 Å². The highest BCUT2D eigenvalue weighted by Crippen LogP contribution is 2.44. The quantitative estimate of drug-likeness (QED) is 0.629. The van der Waals surface area contributed by atoms with Gasteiger partial charge in [-0.25, -0.2) is 4.39 Å². The molecule has 4 nitrogen and oxygen atoms in total. The average molecular weight is 426 g/mol. The molecule has 2 atom stereocenters. The number of nitrogens with zero attached hydrogens (tertiary/aromatic N) is 1. The molecule has 1 spiro atoms. The standard InChI is InChI=1S/C26H32FNO3/c1-20-23(10-6-13-26(20)30-15-16-31-26)12-14-28(19-22-9-5-11-24(27)17-22)25(29)18-21-7-3-2-4-8-21/h2-5,7-9,11,17,20,23H,6,10,12-16,18-19H2,1H3/t20-,23-/m0/s1. The van der Waals surface area contributed by atoms with E-state index in [1.165, 1.54) is 12.1 Å². The molecule has 2 fully saturated rings. The normalized spacial score (nSPS) is 22.5. The first-order valence-corrected chi connectivity index (χ1v) is 11.4. The maximum atomic E-state index is 13.7. The minimum atomic E-state index is -0.440. The third kappa shape index (κ3) is 5.34. The van der Waals surface area contributed by atoms with E-state index in [0.29, 0.717) is 44.6 Å². The molecule has 1 amide bonds. The summed E-state index contributed by atoms with van der Waals surface area (Å²) in [5.41, 5.74) is 1.81. The van der Waals surface area contributed by atoms with Crippen LogP contribution >= 0.6 is 0 Å². The molecule has 1 saturated heterocycles. The number of rotatable bonds is 7. The van der Waals surface area contributed by atoms with E-state index < -0.39 is 5.79 Å². The van der Waals surface area contributed by atoms with E-state index in [1.54, 1.807) is 6.07 Å². The summed E-state index contributed by atoms with van der Waals surface area (Å²) in [6, 6.07) is 16.3. The van der Waals surface area contributed by atoms with Gasteiger partial charge < -0.3 is 14.4 Å². The van der Waals surface area contributed by atoms with Crippen LogP contribution in [0, 0.1) is 17.7 Å². The van der Waals surface area contributed by atoms with Crippen LogP contribution in [0.3, 0.4) is 0 Å². The van der Waals surface area contributed by atoms with Crippen LogP contribution in [0.1, 0.15) is 43.7 Å². The van der Waals surface area contributed by atoms with Gasteiger partial charge in [-0.2, -0.15) is 0 Å². The summed E-state index contributed by atoms with van der Waals surface area (Å²) in [7, 11) is 0. The molecular weight excluding hydrogens is 393 g/mol. The van der Waals surface area contributed by atoms with Crippen molar-refractivity contribution < 1.29 is 18.7 Å². The molecule has 31 heavy (non-hydrogen) atoms. The van der Waals surface area contributed by atoms with E-state index in [4.69, 9.17) is 9.47 Å². The highest BCUT2D eigenvalue weighted by Gasteiger charge is 2.47. The number of hydrogen-bond acceptors (Lipinski definition) is 3. The first kappa shape index (κ1) is 22.0. The highest BCUT2D eigenvalue weighted by atomic mass is 19.1. The van der Waals surface area contributed by atoms with Crippen molar-refractivity contribution in [1.82, 2.24) is 4.90 Å². The Bertz CT molecular complexity index is 866. The van der Waals surface area contributed by atoms with Crippen LogP contribution in [0.5, 0.6) is 0 Å². The maximum absolute atomic E-state index is 13.7. The lowest BCUT2D eigenvalue weighted by Crippen LogP contribution is -2.45. The van der Waals surface area contributed by atoms with Crippen molar-refractivity contribution in [3.05, 3.63) is 71.5 Å². The predicted molar refractivity (Wildman–Crippen MR) is 118 cm³/mol. The fraction of sp³-hybridized carbons (Fsp3) is 0.500. The van der Waals surface area contributed by atoms with Gasteiger partial charge in [0.15, 0.2) is 5.79 Å². The lowest BCUT2D eigenvalue weighted by Gasteiger charge is -2.43. The second-order valence-corrected chi connectivity index (χ2v) is 8.85. The van der Waals surface area contributed by atoms with Crippen molar-refractivity contribution in [2.45, 2.75) is 51.4 Å². The fourth-order valence-electron chi connectivity index (χ4n) is 5.07. The second kappa shape index (κ2) is 9.92. The van der Waals surface area contributed by atoms with Gasteiger partial charge in [0.05, 0.1) is 19.6 Å². The number of amides is 1. The number of hydrogen-bond donors (Lipinski definition) is 0. The zero-order valence-electron chi connectivity index (χ0n) is 18.3. The van der Waals surface area contributed by atoms with E-state index in [9.17, 15) is 9.18 Å². The largest absolute Gasteiger partial charge is 0.347 e. The number of carbonyl (C=O) groups excluding carboxylic acids is 1. The predicted octanol–water partition coefficient (Wildman–Crippen LogP) is 4.97. The van der Waals surface area contributed by atoms with Crippen LogP contribution in [0.25, 0.3) is 0 Å². The molecule has 0 N–H and O–H groups in total. The van der Waals surface area contributed by atoms with Crippen LogP contribution in [0.15, 0.2) is 54.6 Å². The molecule has 4 rings (SSSR count). The molecule has 1 aliphatic heterocycles. The Kier molecular flexibility index (Phi) is 7.03. The molecule has 2 aromatic carbocycles. The molecule has 1 aliphatic carbocycles. The molecule has 1 saturated carbocycles. The van der Waals surface area contributed by atoms with Gasteiger partial charge in [-0.15, -0.1) is 0 Å². The minimum Gasteiger partial charge on any atom is -0.347 e. The highest BCUT2D eigenvalue weighted by molar-refractivity contribution is 5.78. The summed E-state index contributed by atoms with van der Waals surface area (Å²) in [6.07, 6.45) is 4.40. The minimum absolute atomic E-state index is 0.0713. The van der Waals surface area contributed by atoms with E-state index >= 15 is 0 Å². The van der Waals surface area contributed by atoms with Gasteiger partial charge in [0, 0.05) is 25.4 Å². The third-order valence-electron chi connectivity index (χ3n) is 6.86. The summed E-state index contributed by atoms with van der Waals surface area (Å²) in [4.78, 5) is 15.1. The van der Waals surface area contributed by atoms with Gasteiger partial charge in [-0.3, -0.25) is 4.79 Å². The summed E-state index contributed by atoms with van der Waals surface area (Å²) < 4.78 is 25.8. The van der Waals surface area contributed by atoms with Crippen molar-refractivity contribution in [1.29, 1.82) is 0 Å². The van der Waals surface area contributed by atoms with E-state index in [-0.39, 0.29) is 11.7 Å². The summed E-state index contributed by atoms with van der Waals surface area (Å²) in [5.74, 6) is 0.0911. The van der Waals surface area contributed by atoms with Crippen LogP contribution in [-0.4, -0.2) is 36.4 Å². The monoisotopic (exact) mass is 425 g/mol. The molecule has 0 aromatic heterocycles. The van der Waals surface area contributed by atoms with Crippen LogP contribution in [0.2, 0.25) is 0 Å². The van der Waals surface area contributed by atoms with E-state index in [1.807, 2.05) is 41.3 Å². The topological polar surface area (TPSA) is 38.8 Å². The Morgan fingerprint density at radius 2 is 1.84 bits per heavy atom. The summed E-state index contributed by atoms with van der Waals surface area (Å²) in [5, 5.41) is 0. The lowest BCUT2D eigenvalue weighted by molar-refractivity contribution is -0.221. The number of benzene rings is 2. The fourth-order valence-corrected chi connectivity index (χ4v) is 5.07. The SMILES string of the molecule is C[C@H]1[C@H](CCN(Cc2cccc(F)c2)C(=O)Cc2ccccc2)CCCC12OCCO2. The Labute approximate surface area is 184 Å². The van der Waals surface area contributed by atoms with Gasteiger partial charge in [-0.05, 0) is 48.4 Å². The van der Waals surface area contributed by atoms with Crippen LogP contribution < -0.4 is 0 Å². The van der Waals surface area contributed by atoms with Crippen LogP contribution in [-0.2, 0) is 27.2 Å². The maximum Gasteiger partial charge on any atom is 0.227 e. The zero-order valence-corrected chi connectivity index (χ0v) is 18.3. The molecule has 1 heterocycles. The molecular formula is C26H32FNO3. The van der Waals surface area contributed by atoms with Gasteiger partial charge in [-0.1, -0.05) is 49.4 Å². The first-order chi connectivity index (χ1) is 15.1. The van der Waals surface area contributed by atoms with Gasteiger partial charge in [0.25, 0.3) is 0 Å². The molecule has 2 aromatic rings. The Hall–Kier alpha value is -2.24. The summed E-state index contributed by atoms with van der Waals surface area (Å²) in [6.45, 7) is 4.62. The molecule has 166 valence electrons. The van der Waals surface area contributed by atoms with E-state index in [0.717, 1.165) is 36.8 Å². The smallest absolute Gasteiger partial charge is 0.227 e.